The van der Waals surface area contributed by atoms with Crippen LogP contribution >= 0.6 is 11.3 Å². The zero-order valence-electron chi connectivity index (χ0n) is 10.7. The highest BCUT2D eigenvalue weighted by Crippen LogP contribution is 2.09. The summed E-state index contributed by atoms with van der Waals surface area (Å²) in [6, 6.07) is 3.88. The van der Waals surface area contributed by atoms with E-state index >= 15 is 0 Å². The van der Waals surface area contributed by atoms with Gasteiger partial charge in [-0.05, 0) is 11.4 Å². The van der Waals surface area contributed by atoms with Gasteiger partial charge in [-0.3, -0.25) is 0 Å². The van der Waals surface area contributed by atoms with Crippen molar-refractivity contribution in [2.75, 3.05) is 33.0 Å². The van der Waals surface area contributed by atoms with Gasteiger partial charge < -0.3 is 30.5 Å². The summed E-state index contributed by atoms with van der Waals surface area (Å²) in [7, 11) is 0. The Bertz CT molecular complexity index is 321. The van der Waals surface area contributed by atoms with E-state index in [2.05, 4.69) is 5.32 Å². The Morgan fingerprint density at radius 2 is 1.95 bits per heavy atom. The number of ether oxygens (including phenoxy) is 1. The molecule has 1 rings (SSSR count). The maximum absolute atomic E-state index is 9.70. The molecule has 1 aromatic rings. The van der Waals surface area contributed by atoms with Crippen molar-refractivity contribution >= 4 is 11.3 Å². The molecule has 7 heteroatoms. The molecule has 1 unspecified atom stereocenters. The molecule has 0 aliphatic rings. The van der Waals surface area contributed by atoms with Crippen LogP contribution in [0.2, 0.25) is 0 Å². The standard InChI is InChI=1S/C12H21NO5S/c14-7-12(8-15,9-16)13-4-10(17)5-18-6-11-2-1-3-19-11/h1-3,10,13-17H,4-9H2. The first-order valence-corrected chi connectivity index (χ1v) is 6.89. The number of aliphatic hydroxyl groups is 4. The van der Waals surface area contributed by atoms with Gasteiger partial charge in [0.15, 0.2) is 0 Å². The van der Waals surface area contributed by atoms with E-state index in [1.807, 2.05) is 17.5 Å². The number of rotatable bonds is 10. The average molecular weight is 291 g/mol. The number of nitrogens with one attached hydrogen (secondary N) is 1. The third-order valence-corrected chi connectivity index (χ3v) is 3.61. The Labute approximate surface area is 116 Å². The topological polar surface area (TPSA) is 102 Å². The molecule has 0 aliphatic heterocycles. The van der Waals surface area contributed by atoms with Crippen molar-refractivity contribution < 1.29 is 25.2 Å². The monoisotopic (exact) mass is 291 g/mol. The smallest absolute Gasteiger partial charge is 0.0898 e. The lowest BCUT2D eigenvalue weighted by Gasteiger charge is -2.29. The highest BCUT2D eigenvalue weighted by Gasteiger charge is 2.27. The van der Waals surface area contributed by atoms with E-state index < -0.39 is 31.5 Å². The lowest BCUT2D eigenvalue weighted by molar-refractivity contribution is 0.00484. The molecule has 1 atom stereocenters. The van der Waals surface area contributed by atoms with Gasteiger partial charge in [0.05, 0.1) is 44.7 Å². The van der Waals surface area contributed by atoms with Crippen molar-refractivity contribution in [2.24, 2.45) is 0 Å². The minimum absolute atomic E-state index is 0.117. The van der Waals surface area contributed by atoms with E-state index in [4.69, 9.17) is 20.1 Å². The van der Waals surface area contributed by atoms with E-state index in [9.17, 15) is 5.11 Å². The fraction of sp³-hybridized carbons (Fsp3) is 0.667. The zero-order valence-corrected chi connectivity index (χ0v) is 11.5. The Morgan fingerprint density at radius 1 is 1.26 bits per heavy atom. The van der Waals surface area contributed by atoms with Crippen molar-refractivity contribution in [3.05, 3.63) is 22.4 Å². The van der Waals surface area contributed by atoms with E-state index in [0.717, 1.165) is 4.88 Å². The van der Waals surface area contributed by atoms with Gasteiger partial charge in [-0.15, -0.1) is 11.3 Å². The second-order valence-corrected chi connectivity index (χ2v) is 5.42. The number of hydrogen-bond donors (Lipinski definition) is 5. The summed E-state index contributed by atoms with van der Waals surface area (Å²) in [5.74, 6) is 0. The summed E-state index contributed by atoms with van der Waals surface area (Å²) in [5, 5.41) is 41.7. The molecular weight excluding hydrogens is 270 g/mol. The van der Waals surface area contributed by atoms with Crippen molar-refractivity contribution in [3.8, 4) is 0 Å². The molecule has 0 fully saturated rings. The second kappa shape index (κ2) is 8.60. The number of thiophene rings is 1. The summed E-state index contributed by atoms with van der Waals surface area (Å²) in [6.45, 7) is -0.538. The van der Waals surface area contributed by atoms with Crippen LogP contribution in [0.4, 0.5) is 0 Å². The van der Waals surface area contributed by atoms with Gasteiger partial charge in [-0.2, -0.15) is 0 Å². The highest BCUT2D eigenvalue weighted by atomic mass is 32.1. The molecule has 0 aliphatic carbocycles. The van der Waals surface area contributed by atoms with Crippen molar-refractivity contribution in [1.29, 1.82) is 0 Å². The summed E-state index contributed by atoms with van der Waals surface area (Å²) in [6.07, 6.45) is -0.774. The molecule has 1 heterocycles. The Kier molecular flexibility index (Phi) is 7.47. The molecule has 0 amide bonds. The zero-order chi connectivity index (χ0) is 14.1. The van der Waals surface area contributed by atoms with Crippen LogP contribution in [0, 0.1) is 0 Å². The van der Waals surface area contributed by atoms with Gasteiger partial charge in [0.25, 0.3) is 0 Å². The van der Waals surface area contributed by atoms with Crippen LogP contribution in [-0.4, -0.2) is 65.0 Å². The molecule has 0 spiro atoms. The average Bonchev–Trinajstić information content (AvgIpc) is 2.94. The Hall–Kier alpha value is -0.540. The first-order valence-electron chi connectivity index (χ1n) is 6.01. The third kappa shape index (κ3) is 5.53. The molecule has 0 aromatic carbocycles. The molecule has 0 bridgehead atoms. The SMILES string of the molecule is OCC(CO)(CO)NCC(O)COCc1cccs1. The van der Waals surface area contributed by atoms with Gasteiger partial charge in [-0.25, -0.2) is 0 Å². The van der Waals surface area contributed by atoms with E-state index in [1.165, 1.54) is 0 Å². The highest BCUT2D eigenvalue weighted by molar-refractivity contribution is 7.09. The van der Waals surface area contributed by atoms with Crippen LogP contribution < -0.4 is 5.32 Å². The minimum atomic E-state index is -1.17. The van der Waals surface area contributed by atoms with Crippen molar-refractivity contribution in [2.45, 2.75) is 18.2 Å². The minimum Gasteiger partial charge on any atom is -0.394 e. The predicted octanol–water partition coefficient (Wildman–Crippen LogP) is -1.07. The van der Waals surface area contributed by atoms with E-state index in [1.54, 1.807) is 11.3 Å². The predicted molar refractivity (Wildman–Crippen MR) is 72.0 cm³/mol. The van der Waals surface area contributed by atoms with Crippen LogP contribution in [0.25, 0.3) is 0 Å². The molecule has 0 saturated carbocycles. The molecular formula is C12H21NO5S. The maximum atomic E-state index is 9.70. The Balaban J connectivity index is 2.21. The van der Waals surface area contributed by atoms with Gasteiger partial charge in [-0.1, -0.05) is 6.07 Å². The lowest BCUT2D eigenvalue weighted by Crippen LogP contribution is -2.57. The summed E-state index contributed by atoms with van der Waals surface area (Å²) < 4.78 is 5.34. The van der Waals surface area contributed by atoms with Crippen LogP contribution in [0.15, 0.2) is 17.5 Å². The number of aliphatic hydroxyl groups excluding tert-OH is 4. The normalized spacial score (nSPS) is 13.7. The number of β-amino-alcohol motifs (C(OH)–C–C–N with tert-alkyl or cyclic N) is 1. The van der Waals surface area contributed by atoms with Gasteiger partial charge in [0.2, 0.25) is 0 Å². The molecule has 0 saturated heterocycles. The first-order chi connectivity index (χ1) is 9.15. The number of hydrogen-bond acceptors (Lipinski definition) is 7. The van der Waals surface area contributed by atoms with Gasteiger partial charge in [0, 0.05) is 11.4 Å². The van der Waals surface area contributed by atoms with Crippen molar-refractivity contribution in [1.82, 2.24) is 5.32 Å². The van der Waals surface area contributed by atoms with Crippen LogP contribution in [0.3, 0.4) is 0 Å². The van der Waals surface area contributed by atoms with Gasteiger partial charge in [0.1, 0.15) is 0 Å². The largest absolute Gasteiger partial charge is 0.394 e. The third-order valence-electron chi connectivity index (χ3n) is 2.76. The summed E-state index contributed by atoms with van der Waals surface area (Å²) in [4.78, 5) is 1.08. The second-order valence-electron chi connectivity index (χ2n) is 4.38. The fourth-order valence-corrected chi connectivity index (χ4v) is 2.04. The molecule has 110 valence electrons. The van der Waals surface area contributed by atoms with Crippen LogP contribution in [0.5, 0.6) is 0 Å². The Morgan fingerprint density at radius 3 is 2.47 bits per heavy atom. The molecule has 0 radical (unpaired) electrons. The quantitative estimate of drug-likeness (QED) is 0.376. The van der Waals surface area contributed by atoms with Crippen LogP contribution in [-0.2, 0) is 11.3 Å². The van der Waals surface area contributed by atoms with E-state index in [0.29, 0.717) is 6.61 Å². The molecule has 19 heavy (non-hydrogen) atoms. The summed E-state index contributed by atoms with van der Waals surface area (Å²) >= 11 is 1.58. The maximum Gasteiger partial charge on any atom is 0.0898 e. The van der Waals surface area contributed by atoms with Crippen molar-refractivity contribution in [3.63, 3.8) is 0 Å². The molecule has 6 nitrogen and oxygen atoms in total. The van der Waals surface area contributed by atoms with E-state index in [-0.39, 0.29) is 13.2 Å². The fourth-order valence-electron chi connectivity index (χ4n) is 1.40. The van der Waals surface area contributed by atoms with Crippen LogP contribution in [0.1, 0.15) is 4.88 Å². The van der Waals surface area contributed by atoms with Gasteiger partial charge >= 0.3 is 0 Å². The first kappa shape index (κ1) is 16.5. The lowest BCUT2D eigenvalue weighted by atomic mass is 10.0. The summed E-state index contributed by atoms with van der Waals surface area (Å²) in [5.41, 5.74) is -1.17. The molecule has 1 aromatic heterocycles. The molecule has 5 N–H and O–H groups in total.